The minimum atomic E-state index is -0.509. The van der Waals surface area contributed by atoms with Gasteiger partial charge in [-0.1, -0.05) is 228 Å². The molecule has 6 aromatic rings. The lowest BCUT2D eigenvalue weighted by molar-refractivity contribution is -0.127. The van der Waals surface area contributed by atoms with E-state index in [0.29, 0.717) is 18.1 Å². The minimum absolute atomic E-state index is 0. The zero-order chi connectivity index (χ0) is 91.7. The van der Waals surface area contributed by atoms with Crippen LogP contribution in [0.2, 0.25) is 0 Å². The van der Waals surface area contributed by atoms with Crippen molar-refractivity contribution in [2.45, 2.75) is 220 Å². The van der Waals surface area contributed by atoms with Gasteiger partial charge in [-0.3, -0.25) is 29.2 Å². The smallest absolute Gasteiger partial charge is 0.242 e. The largest absolute Gasteiger partial charge is 0.370 e. The number of aromatic amines is 2. The molecule has 0 radical (unpaired) electrons. The van der Waals surface area contributed by atoms with Gasteiger partial charge in [-0.25, -0.2) is 0 Å². The van der Waals surface area contributed by atoms with E-state index in [0.717, 1.165) is 87.7 Å². The molecule has 2 aromatic heterocycles. The van der Waals surface area contributed by atoms with Crippen LogP contribution < -0.4 is 141 Å². The summed E-state index contributed by atoms with van der Waals surface area (Å²) in [7, 11) is 3.12. The highest BCUT2D eigenvalue weighted by atomic mass is 32.1. The van der Waals surface area contributed by atoms with Crippen LogP contribution in [0.15, 0.2) is 132 Å². The quantitative estimate of drug-likeness (QED) is 0.0164. The summed E-state index contributed by atoms with van der Waals surface area (Å²) in [5.41, 5.74) is 27.6. The van der Waals surface area contributed by atoms with Crippen molar-refractivity contribution >= 4 is 138 Å². The first-order valence-electron chi connectivity index (χ1n) is 39.1. The molecule has 0 bridgehead atoms. The third kappa shape index (κ3) is 115. The normalized spacial score (nSPS) is 11.4. The second-order valence-electron chi connectivity index (χ2n) is 24.8. The van der Waals surface area contributed by atoms with Crippen molar-refractivity contribution in [1.82, 2.24) is 128 Å². The van der Waals surface area contributed by atoms with E-state index < -0.39 is 12.1 Å². The number of rotatable bonds is 18. The van der Waals surface area contributed by atoms with Gasteiger partial charge in [0, 0.05) is 99.9 Å². The van der Waals surface area contributed by atoms with Crippen LogP contribution in [0.25, 0.3) is 21.8 Å². The van der Waals surface area contributed by atoms with Gasteiger partial charge in [0.05, 0.1) is 0 Å². The average molecular weight is 1900 g/mol. The van der Waals surface area contributed by atoms with Crippen molar-refractivity contribution in [3.63, 3.8) is 0 Å². The fraction of sp³-hybridized carbons (Fsp3) is 0.500. The number of hydrogen-bond acceptors (Lipinski definition) is 33. The number of para-hydroxylation sites is 2. The molecule has 2 aliphatic heterocycles. The van der Waals surface area contributed by atoms with Crippen LogP contribution >= 0.6 is 12.6 Å². The molecule has 10 rings (SSSR count). The number of carbonyl (C=O) groups excluding carboxylic acids is 14. The molecule has 4 aromatic carbocycles. The van der Waals surface area contributed by atoms with E-state index in [1.807, 2.05) is 129 Å². The second kappa shape index (κ2) is 150. The molecule has 2 saturated carbocycles. The third-order valence-electron chi connectivity index (χ3n) is 16.8. The predicted molar refractivity (Wildman–Crippen MR) is 558 cm³/mol. The molecule has 4 aliphatic rings. The van der Waals surface area contributed by atoms with Crippen LogP contribution in [0, 0.1) is 11.8 Å². The molecule has 4 heterocycles. The van der Waals surface area contributed by atoms with Gasteiger partial charge in [-0.05, 0) is 111 Å². The van der Waals surface area contributed by atoms with Crippen LogP contribution in [0.4, 0.5) is 0 Å². The number of benzene rings is 4. The van der Waals surface area contributed by atoms with Crippen molar-refractivity contribution in [1.29, 1.82) is 0 Å². The number of H-pyrrole nitrogens is 2. The Morgan fingerprint density at radius 1 is 0.389 bits per heavy atom. The number of amides is 4. The Morgan fingerprint density at radius 3 is 0.855 bits per heavy atom. The number of nitrogens with one attached hydrogen (secondary N) is 8. The lowest BCUT2D eigenvalue weighted by Crippen LogP contribution is -2.46. The van der Waals surface area contributed by atoms with Crippen LogP contribution in [0.3, 0.4) is 0 Å². The van der Waals surface area contributed by atoms with Gasteiger partial charge in [0.2, 0.25) is 23.6 Å². The van der Waals surface area contributed by atoms with Gasteiger partial charge < -0.3 is 199 Å². The summed E-state index contributed by atoms with van der Waals surface area (Å²) in [5.74, 6) is 1.79. The van der Waals surface area contributed by atoms with Crippen LogP contribution in [-0.4, -0.2) is 184 Å². The highest BCUT2D eigenvalue weighted by molar-refractivity contribution is 7.81. The standard InChI is InChI=1S/2C12H16N2O2.2C10H11N.2C8H16.2C5H13N3.C4H9NS.C4H9N.10CH2O.14H3N/c2*1-9(15)14-11(12(16)13-2)8-10-6-4-3-5-7-10;2*1-2-8-7-11-10-6-4-3-5-9(8)10;2*1-2-8-6-4-3-5-7-8;2*1-2-3-4-8-5(6)7;6-4-1-2-5-3-4;1-2-4-5-3-1;10*1-2;;;;;;;;;;;;;;/h2*3-7,11H,8H2,1-2H3,(H,13,16)(H,14,15);2*3-7,11H,2H2,1H3;2*8H,2-7H2,1H3;2*2-4H2,1H3,(H4,6,7,8);4-6H,1-3H2;5H,1-4H2;10*1H2;14*1H3/t2*11-;;;;;;;4-;;;;;;;;;;;;;;;;;;;;;;;;;/m00......0........................./s1. The number of carbonyl (C=O) groups is 14. The lowest BCUT2D eigenvalue weighted by Gasteiger charge is -2.18. The van der Waals surface area contributed by atoms with Crippen molar-refractivity contribution in [3.05, 3.63) is 144 Å². The van der Waals surface area contributed by atoms with E-state index in [2.05, 4.69) is 167 Å². The number of nitrogens with zero attached hydrogens (tertiary/aromatic N) is 2. The zero-order valence-corrected chi connectivity index (χ0v) is 83.2. The van der Waals surface area contributed by atoms with Crippen LogP contribution in [0.5, 0.6) is 0 Å². The molecule has 2 saturated heterocycles. The van der Waals surface area contributed by atoms with Crippen LogP contribution in [0.1, 0.15) is 200 Å². The van der Waals surface area contributed by atoms with Crippen molar-refractivity contribution in [2.75, 3.05) is 53.4 Å². The minimum Gasteiger partial charge on any atom is -0.370 e. The zero-order valence-electron chi connectivity index (χ0n) is 82.3. The summed E-state index contributed by atoms with van der Waals surface area (Å²) in [4.78, 5) is 139. The summed E-state index contributed by atoms with van der Waals surface area (Å²) in [6.45, 7) is 42.3. The fourth-order valence-corrected chi connectivity index (χ4v) is 11.3. The Bertz CT molecular complexity index is 2990. The molecular formula is C88H192N28O14S. The van der Waals surface area contributed by atoms with E-state index in [1.54, 1.807) is 14.1 Å². The maximum absolute atomic E-state index is 11.5. The maximum atomic E-state index is 11.5. The van der Waals surface area contributed by atoms with Gasteiger partial charge in [0.25, 0.3) is 0 Å². The summed E-state index contributed by atoms with van der Waals surface area (Å²) in [6, 6.07) is 34.9. The second-order valence-corrected chi connectivity index (χ2v) is 25.5. The monoisotopic (exact) mass is 1900 g/mol. The van der Waals surface area contributed by atoms with E-state index >= 15 is 0 Å². The molecule has 42 nitrogen and oxygen atoms in total. The number of hydrogen-bond donors (Lipinski definition) is 27. The Hall–Kier alpha value is -11.2. The molecule has 0 unspecified atom stereocenters. The first kappa shape index (κ1) is 184. The summed E-state index contributed by atoms with van der Waals surface area (Å²) in [6.07, 6.45) is 33.7. The van der Waals surface area contributed by atoms with Crippen molar-refractivity contribution in [2.24, 2.45) is 44.8 Å². The van der Waals surface area contributed by atoms with E-state index in [1.165, 1.54) is 156 Å². The molecule has 58 N–H and O–H groups in total. The van der Waals surface area contributed by atoms with Gasteiger partial charge in [-0.2, -0.15) is 12.6 Å². The molecule has 4 fully saturated rings. The Labute approximate surface area is 791 Å². The number of nitrogens with two attached hydrogens (primary N) is 4. The molecular weight excluding hydrogens is 1710 g/mol. The molecule has 2 aliphatic carbocycles. The Morgan fingerprint density at radius 2 is 0.664 bits per heavy atom. The number of unbranched alkanes of at least 4 members (excludes halogenated alkanes) is 2. The topological polar surface area (TPSA) is 962 Å². The van der Waals surface area contributed by atoms with E-state index in [-0.39, 0.29) is 122 Å². The average Bonchev–Trinajstić information content (AvgIpc) is 1.70. The van der Waals surface area contributed by atoms with Crippen molar-refractivity contribution < 1.29 is 67.1 Å². The first-order chi connectivity index (χ1) is 56.9. The predicted octanol–water partition coefficient (Wildman–Crippen LogP) is 13.6. The number of thiol groups is 1. The van der Waals surface area contributed by atoms with Gasteiger partial charge >= 0.3 is 0 Å². The molecule has 4 amide bonds. The summed E-state index contributed by atoms with van der Waals surface area (Å²) in [5, 5.41) is 20.1. The molecule has 3 atom stereocenters. The van der Waals surface area contributed by atoms with Crippen LogP contribution in [-0.2, 0) is 92.8 Å². The van der Waals surface area contributed by atoms with Crippen molar-refractivity contribution in [3.8, 4) is 0 Å². The number of likely N-dealkylation sites (N-methyl/N-ethyl adjacent to an activating group) is 2. The molecule has 774 valence electrons. The number of aryl methyl sites for hydroxylation is 2. The number of aliphatic imine (C=N–C) groups is 2. The summed E-state index contributed by atoms with van der Waals surface area (Å²) < 4.78 is 0. The van der Waals surface area contributed by atoms with Gasteiger partial charge in [-0.15, -0.1) is 0 Å². The van der Waals surface area contributed by atoms with E-state index in [4.69, 9.17) is 70.9 Å². The highest BCUT2D eigenvalue weighted by Gasteiger charge is 2.20. The van der Waals surface area contributed by atoms with Gasteiger partial charge in [0.15, 0.2) is 11.9 Å². The maximum Gasteiger partial charge on any atom is 0.242 e. The molecule has 131 heavy (non-hydrogen) atoms. The number of aromatic nitrogens is 2. The SMILES string of the molecule is C1CCNC1.C=O.C=O.C=O.C=O.C=O.C=O.C=O.C=O.C=O.C=O.CCC1CCCCC1.CCC1CCCCC1.CCCCN=C(N)N.CCCCN=C(N)N.CCc1c[nH]c2ccccc12.CCc1c[nH]c2ccccc12.CNC(=O)[C@H](Cc1ccccc1)NC(C)=O.CNC(=O)[C@H](Cc1ccccc1)NC(C)=O.N.N.N.N.N.N.N.N.N.N.N.N.N.N.S[C@H]1CCNC1. The fourth-order valence-electron chi connectivity index (χ4n) is 11.0. The summed E-state index contributed by atoms with van der Waals surface area (Å²) >= 11 is 4.23. The highest BCUT2D eigenvalue weighted by Crippen LogP contribution is 2.26. The van der Waals surface area contributed by atoms with Gasteiger partial charge in [0.1, 0.15) is 80.0 Å². The first-order valence-corrected chi connectivity index (χ1v) is 39.7. The number of guanidine groups is 2. The van der Waals surface area contributed by atoms with E-state index in [9.17, 15) is 19.2 Å². The Balaban J connectivity index is -0.0000000432. The molecule has 43 heteroatoms. The number of fused-ring (bicyclic) bond motifs is 2. The molecule has 0 spiro atoms. The third-order valence-corrected chi connectivity index (χ3v) is 17.2. The lowest BCUT2D eigenvalue weighted by atomic mass is 9.88. The Kier molecular flexibility index (Phi) is 211.